The van der Waals surface area contributed by atoms with Crippen LogP contribution in [0.15, 0.2) is 42.6 Å². The van der Waals surface area contributed by atoms with Crippen LogP contribution in [0.1, 0.15) is 0 Å². The van der Waals surface area contributed by atoms with E-state index in [9.17, 15) is 0 Å². The molecule has 4 nitrogen and oxygen atoms in total. The van der Waals surface area contributed by atoms with Crippen molar-refractivity contribution < 1.29 is 4.74 Å². The summed E-state index contributed by atoms with van der Waals surface area (Å²) in [5, 5.41) is 9.77. The van der Waals surface area contributed by atoms with Crippen molar-refractivity contribution in [2.24, 2.45) is 0 Å². The van der Waals surface area contributed by atoms with Gasteiger partial charge in [-0.1, -0.05) is 30.3 Å². The van der Waals surface area contributed by atoms with Crippen LogP contribution in [0.4, 0.5) is 0 Å². The van der Waals surface area contributed by atoms with Crippen LogP contribution in [0, 0.1) is 0 Å². The fourth-order valence-corrected chi connectivity index (χ4v) is 2.22. The fourth-order valence-electron chi connectivity index (χ4n) is 2.09. The number of aromatic nitrogens is 3. The minimum atomic E-state index is 0.118. The Balaban J connectivity index is 2.37. The average molecular weight is 272 g/mol. The maximum atomic E-state index is 5.82. The van der Waals surface area contributed by atoms with E-state index in [1.54, 1.807) is 13.3 Å². The van der Waals surface area contributed by atoms with Gasteiger partial charge in [0.15, 0.2) is 0 Å². The third kappa shape index (κ3) is 2.11. The minimum absolute atomic E-state index is 0.118. The Labute approximate surface area is 115 Å². The molecule has 1 aromatic heterocycles. The molecular weight excluding hydrogens is 262 g/mol. The highest BCUT2D eigenvalue weighted by molar-refractivity contribution is 6.28. The summed E-state index contributed by atoms with van der Waals surface area (Å²) in [7, 11) is 1.63. The predicted octanol–water partition coefficient (Wildman–Crippen LogP) is 3.35. The molecule has 3 aromatic rings. The Morgan fingerprint density at radius 2 is 1.95 bits per heavy atom. The number of halogens is 1. The van der Waals surface area contributed by atoms with Crippen molar-refractivity contribution >= 4 is 22.4 Å². The molecule has 19 heavy (non-hydrogen) atoms. The highest BCUT2D eigenvalue weighted by Crippen LogP contribution is 2.35. The molecule has 0 unspecified atom stereocenters. The van der Waals surface area contributed by atoms with Gasteiger partial charge in [-0.2, -0.15) is 5.10 Å². The SMILES string of the molecule is COc1ccc2ccccc2c1-c1cnnc(Cl)n1. The summed E-state index contributed by atoms with van der Waals surface area (Å²) >= 11 is 5.82. The van der Waals surface area contributed by atoms with Gasteiger partial charge < -0.3 is 4.74 Å². The van der Waals surface area contributed by atoms with Crippen LogP contribution in [-0.4, -0.2) is 22.3 Å². The van der Waals surface area contributed by atoms with E-state index in [-0.39, 0.29) is 5.28 Å². The lowest BCUT2D eigenvalue weighted by atomic mass is 10.0. The fraction of sp³-hybridized carbons (Fsp3) is 0.0714. The van der Waals surface area contributed by atoms with E-state index >= 15 is 0 Å². The van der Waals surface area contributed by atoms with Crippen LogP contribution in [0.3, 0.4) is 0 Å². The summed E-state index contributed by atoms with van der Waals surface area (Å²) in [6, 6.07) is 11.9. The van der Waals surface area contributed by atoms with E-state index in [4.69, 9.17) is 16.3 Å². The predicted molar refractivity (Wildman–Crippen MR) is 74.3 cm³/mol. The first-order valence-corrected chi connectivity index (χ1v) is 6.09. The van der Waals surface area contributed by atoms with E-state index in [2.05, 4.69) is 15.2 Å². The zero-order valence-electron chi connectivity index (χ0n) is 10.2. The lowest BCUT2D eigenvalue weighted by molar-refractivity contribution is 0.417. The number of hydrogen-bond donors (Lipinski definition) is 0. The molecular formula is C14H10ClN3O. The second-order valence-corrected chi connectivity index (χ2v) is 4.31. The van der Waals surface area contributed by atoms with Crippen LogP contribution >= 0.6 is 11.6 Å². The van der Waals surface area contributed by atoms with Gasteiger partial charge in [0, 0.05) is 0 Å². The Kier molecular flexibility index (Phi) is 3.01. The van der Waals surface area contributed by atoms with Crippen molar-refractivity contribution in [2.45, 2.75) is 0 Å². The average Bonchev–Trinajstić information content (AvgIpc) is 2.46. The molecule has 0 N–H and O–H groups in total. The van der Waals surface area contributed by atoms with Crippen molar-refractivity contribution in [3.05, 3.63) is 47.9 Å². The zero-order valence-corrected chi connectivity index (χ0v) is 10.9. The van der Waals surface area contributed by atoms with E-state index in [0.29, 0.717) is 5.69 Å². The molecule has 0 aliphatic heterocycles. The normalized spacial score (nSPS) is 10.6. The Hall–Kier alpha value is -2.20. The number of methoxy groups -OCH3 is 1. The number of benzene rings is 2. The summed E-state index contributed by atoms with van der Waals surface area (Å²) in [6.45, 7) is 0. The van der Waals surface area contributed by atoms with Crippen LogP contribution < -0.4 is 4.74 Å². The number of rotatable bonds is 2. The van der Waals surface area contributed by atoms with Crippen molar-refractivity contribution in [1.82, 2.24) is 15.2 Å². The smallest absolute Gasteiger partial charge is 0.243 e. The largest absolute Gasteiger partial charge is 0.496 e. The van der Waals surface area contributed by atoms with Gasteiger partial charge in [-0.15, -0.1) is 5.10 Å². The molecule has 0 fully saturated rings. The van der Waals surface area contributed by atoms with Crippen LogP contribution in [0.5, 0.6) is 5.75 Å². The van der Waals surface area contributed by atoms with Gasteiger partial charge in [-0.3, -0.25) is 0 Å². The van der Waals surface area contributed by atoms with Gasteiger partial charge in [0.2, 0.25) is 5.28 Å². The molecule has 94 valence electrons. The lowest BCUT2D eigenvalue weighted by Crippen LogP contribution is -1.94. The summed E-state index contributed by atoms with van der Waals surface area (Å²) in [5.41, 5.74) is 1.52. The quantitative estimate of drug-likeness (QED) is 0.717. The topological polar surface area (TPSA) is 47.9 Å². The molecule has 1 heterocycles. The molecule has 0 spiro atoms. The number of nitrogens with zero attached hydrogens (tertiary/aromatic N) is 3. The summed E-state index contributed by atoms with van der Waals surface area (Å²) in [4.78, 5) is 4.21. The molecule has 3 rings (SSSR count). The second kappa shape index (κ2) is 4.82. The van der Waals surface area contributed by atoms with Crippen molar-refractivity contribution in [1.29, 1.82) is 0 Å². The molecule has 0 amide bonds. The highest BCUT2D eigenvalue weighted by atomic mass is 35.5. The van der Waals surface area contributed by atoms with Gasteiger partial charge in [0.25, 0.3) is 0 Å². The van der Waals surface area contributed by atoms with Gasteiger partial charge in [0.05, 0.1) is 24.6 Å². The maximum absolute atomic E-state index is 5.82. The molecule has 2 aromatic carbocycles. The molecule has 0 radical (unpaired) electrons. The van der Waals surface area contributed by atoms with Crippen molar-refractivity contribution in [2.75, 3.05) is 7.11 Å². The maximum Gasteiger partial charge on any atom is 0.243 e. The van der Waals surface area contributed by atoms with Crippen molar-refractivity contribution in [3.8, 4) is 17.0 Å². The third-order valence-corrected chi connectivity index (χ3v) is 3.06. The van der Waals surface area contributed by atoms with Gasteiger partial charge >= 0.3 is 0 Å². The third-order valence-electron chi connectivity index (χ3n) is 2.90. The lowest BCUT2D eigenvalue weighted by Gasteiger charge is -2.11. The molecule has 0 aliphatic rings. The van der Waals surface area contributed by atoms with E-state index < -0.39 is 0 Å². The van der Waals surface area contributed by atoms with Gasteiger partial charge in [0.1, 0.15) is 5.75 Å². The molecule has 0 saturated heterocycles. The van der Waals surface area contributed by atoms with Crippen LogP contribution in [0.2, 0.25) is 5.28 Å². The first kappa shape index (κ1) is 11.9. The molecule has 0 bridgehead atoms. The van der Waals surface area contributed by atoms with Gasteiger partial charge in [-0.25, -0.2) is 4.98 Å². The first-order chi connectivity index (χ1) is 9.29. The van der Waals surface area contributed by atoms with E-state index in [1.165, 1.54) is 0 Å². The number of fused-ring (bicyclic) bond motifs is 1. The summed E-state index contributed by atoms with van der Waals surface area (Å²) < 4.78 is 5.42. The summed E-state index contributed by atoms with van der Waals surface area (Å²) in [5.74, 6) is 0.732. The highest BCUT2D eigenvalue weighted by Gasteiger charge is 2.12. The van der Waals surface area contributed by atoms with Crippen LogP contribution in [0.25, 0.3) is 22.0 Å². The standard InChI is InChI=1S/C14H10ClN3O/c1-19-12-7-6-9-4-2-3-5-10(9)13(12)11-8-16-18-14(15)17-11/h2-8H,1H3. The Bertz CT molecular complexity index is 746. The molecule has 0 atom stereocenters. The minimum Gasteiger partial charge on any atom is -0.496 e. The van der Waals surface area contributed by atoms with E-state index in [1.807, 2.05) is 36.4 Å². The Morgan fingerprint density at radius 1 is 1.11 bits per heavy atom. The number of ether oxygens (including phenoxy) is 1. The van der Waals surface area contributed by atoms with E-state index in [0.717, 1.165) is 22.1 Å². The molecule has 0 aliphatic carbocycles. The Morgan fingerprint density at radius 3 is 2.74 bits per heavy atom. The molecule has 0 saturated carbocycles. The zero-order chi connectivity index (χ0) is 13.2. The van der Waals surface area contributed by atoms with Crippen molar-refractivity contribution in [3.63, 3.8) is 0 Å². The van der Waals surface area contributed by atoms with Crippen LogP contribution in [-0.2, 0) is 0 Å². The number of hydrogen-bond acceptors (Lipinski definition) is 4. The first-order valence-electron chi connectivity index (χ1n) is 5.71. The molecule has 5 heteroatoms. The monoisotopic (exact) mass is 271 g/mol. The van der Waals surface area contributed by atoms with Gasteiger partial charge in [-0.05, 0) is 28.4 Å². The second-order valence-electron chi connectivity index (χ2n) is 3.97. The summed E-state index contributed by atoms with van der Waals surface area (Å²) in [6.07, 6.45) is 1.58.